The second-order valence-corrected chi connectivity index (χ2v) is 6.19. The molecule has 0 saturated carbocycles. The van der Waals surface area contributed by atoms with E-state index in [4.69, 9.17) is 4.74 Å². The monoisotopic (exact) mass is 330 g/mol. The minimum atomic E-state index is 0.293. The zero-order valence-electron chi connectivity index (χ0n) is 14.5. The van der Waals surface area contributed by atoms with Gasteiger partial charge in [-0.1, -0.05) is 6.92 Å². The van der Waals surface area contributed by atoms with E-state index in [9.17, 15) is 0 Å². The molecule has 1 aliphatic heterocycles. The lowest BCUT2D eigenvalue weighted by molar-refractivity contribution is 0.120. The largest absolute Gasteiger partial charge is 0.376 e. The third-order valence-corrected chi connectivity index (χ3v) is 4.36. The number of ether oxygens (including phenoxy) is 1. The summed E-state index contributed by atoms with van der Waals surface area (Å²) in [5.74, 6) is 1.73. The Kier molecular flexibility index (Phi) is 5.77. The van der Waals surface area contributed by atoms with Crippen LogP contribution in [0.1, 0.15) is 31.2 Å². The smallest absolute Gasteiger partial charge is 0.222 e. The van der Waals surface area contributed by atoms with Crippen LogP contribution in [0.5, 0.6) is 0 Å². The molecule has 1 N–H and O–H groups in total. The molecule has 0 aliphatic carbocycles. The Morgan fingerprint density at radius 1 is 1.29 bits per heavy atom. The van der Waals surface area contributed by atoms with Crippen molar-refractivity contribution < 1.29 is 4.74 Å². The van der Waals surface area contributed by atoms with Crippen molar-refractivity contribution in [2.24, 2.45) is 7.05 Å². The van der Waals surface area contributed by atoms with Crippen molar-refractivity contribution in [1.29, 1.82) is 0 Å². The van der Waals surface area contributed by atoms with Gasteiger partial charge in [0, 0.05) is 57.1 Å². The maximum absolute atomic E-state index is 5.59. The summed E-state index contributed by atoms with van der Waals surface area (Å²) >= 11 is 0. The first-order chi connectivity index (χ1) is 11.7. The summed E-state index contributed by atoms with van der Waals surface area (Å²) in [6, 6.07) is 0. The van der Waals surface area contributed by atoms with Gasteiger partial charge >= 0.3 is 0 Å². The molecule has 2 aromatic rings. The minimum absolute atomic E-state index is 0.293. The zero-order valence-corrected chi connectivity index (χ0v) is 14.5. The van der Waals surface area contributed by atoms with E-state index in [-0.39, 0.29) is 0 Å². The molecule has 7 heteroatoms. The van der Waals surface area contributed by atoms with Crippen LogP contribution >= 0.6 is 0 Å². The Balaban J connectivity index is 1.51. The minimum Gasteiger partial charge on any atom is -0.376 e. The zero-order chi connectivity index (χ0) is 16.8. The average Bonchev–Trinajstić information content (AvgIpc) is 3.26. The van der Waals surface area contributed by atoms with E-state index in [1.54, 1.807) is 0 Å². The fourth-order valence-electron chi connectivity index (χ4n) is 2.82. The van der Waals surface area contributed by atoms with Crippen molar-refractivity contribution in [1.82, 2.24) is 24.4 Å². The lowest BCUT2D eigenvalue weighted by Gasteiger charge is -2.20. The van der Waals surface area contributed by atoms with Gasteiger partial charge in [0.15, 0.2) is 0 Å². The maximum atomic E-state index is 5.59. The number of nitrogens with zero attached hydrogens (tertiary/aromatic N) is 5. The summed E-state index contributed by atoms with van der Waals surface area (Å²) in [4.78, 5) is 15.5. The molecule has 2 aromatic heterocycles. The van der Waals surface area contributed by atoms with E-state index < -0.39 is 0 Å². The number of aromatic nitrogens is 4. The molecule has 1 aliphatic rings. The van der Waals surface area contributed by atoms with Gasteiger partial charge in [-0.15, -0.1) is 0 Å². The molecule has 1 fully saturated rings. The molecule has 0 bridgehead atoms. The van der Waals surface area contributed by atoms with E-state index in [1.807, 2.05) is 31.8 Å². The summed E-state index contributed by atoms with van der Waals surface area (Å²) < 4.78 is 7.65. The number of hydrogen-bond acceptors (Lipinski definition) is 6. The fourth-order valence-corrected chi connectivity index (χ4v) is 2.82. The summed E-state index contributed by atoms with van der Waals surface area (Å²) in [6.45, 7) is 6.39. The molecule has 24 heavy (non-hydrogen) atoms. The molecule has 0 spiro atoms. The highest BCUT2D eigenvalue weighted by molar-refractivity contribution is 5.25. The van der Waals surface area contributed by atoms with Gasteiger partial charge in [-0.3, -0.25) is 4.90 Å². The van der Waals surface area contributed by atoms with E-state index in [0.717, 1.165) is 57.0 Å². The number of nitrogens with one attached hydrogen (secondary N) is 1. The lowest BCUT2D eigenvalue weighted by atomic mass is 10.2. The van der Waals surface area contributed by atoms with Crippen LogP contribution in [-0.2, 0) is 24.9 Å². The predicted octanol–water partition coefficient (Wildman–Crippen LogP) is 1.82. The Hall–Kier alpha value is -1.99. The van der Waals surface area contributed by atoms with Crippen molar-refractivity contribution in [3.8, 4) is 0 Å². The highest BCUT2D eigenvalue weighted by Crippen LogP contribution is 2.13. The highest BCUT2D eigenvalue weighted by atomic mass is 16.5. The molecule has 130 valence electrons. The number of anilines is 1. The van der Waals surface area contributed by atoms with Gasteiger partial charge in [0.25, 0.3) is 0 Å². The fraction of sp³-hybridized carbons (Fsp3) is 0.588. The topological polar surface area (TPSA) is 68.1 Å². The quantitative estimate of drug-likeness (QED) is 0.796. The molecule has 3 rings (SSSR count). The molecule has 7 nitrogen and oxygen atoms in total. The first kappa shape index (κ1) is 16.9. The van der Waals surface area contributed by atoms with Crippen LogP contribution in [0, 0.1) is 0 Å². The summed E-state index contributed by atoms with van der Waals surface area (Å²) in [6.07, 6.45) is 10.2. The second-order valence-electron chi connectivity index (χ2n) is 6.19. The summed E-state index contributed by atoms with van der Waals surface area (Å²) in [7, 11) is 2.02. The number of hydrogen-bond donors (Lipinski definition) is 1. The molecule has 1 atom stereocenters. The Morgan fingerprint density at radius 2 is 2.12 bits per heavy atom. The summed E-state index contributed by atoms with van der Waals surface area (Å²) in [5.41, 5.74) is 1.11. The molecular weight excluding hydrogens is 304 g/mol. The SMILES string of the molecule is CCN(Cc1cnc(NCC2CCCO2)nc1)Cc1nccn1C. The van der Waals surface area contributed by atoms with Gasteiger partial charge in [0.2, 0.25) is 5.95 Å². The van der Waals surface area contributed by atoms with Gasteiger partial charge in [-0.25, -0.2) is 15.0 Å². The number of imidazole rings is 1. The lowest BCUT2D eigenvalue weighted by Crippen LogP contribution is -2.24. The van der Waals surface area contributed by atoms with Crippen LogP contribution in [0.15, 0.2) is 24.8 Å². The first-order valence-electron chi connectivity index (χ1n) is 8.59. The van der Waals surface area contributed by atoms with Crippen LogP contribution in [0.25, 0.3) is 0 Å². The van der Waals surface area contributed by atoms with Crippen LogP contribution in [0.3, 0.4) is 0 Å². The van der Waals surface area contributed by atoms with Gasteiger partial charge < -0.3 is 14.6 Å². The predicted molar refractivity (Wildman–Crippen MR) is 92.5 cm³/mol. The normalized spacial score (nSPS) is 17.5. The van der Waals surface area contributed by atoms with E-state index >= 15 is 0 Å². The maximum Gasteiger partial charge on any atom is 0.222 e. The van der Waals surface area contributed by atoms with Crippen molar-refractivity contribution in [2.45, 2.75) is 39.0 Å². The third kappa shape index (κ3) is 4.52. The van der Waals surface area contributed by atoms with Crippen molar-refractivity contribution in [3.05, 3.63) is 36.2 Å². The van der Waals surface area contributed by atoms with Crippen LogP contribution in [-0.4, -0.2) is 50.2 Å². The molecule has 0 amide bonds. The summed E-state index contributed by atoms with van der Waals surface area (Å²) in [5, 5.41) is 3.25. The van der Waals surface area contributed by atoms with Crippen LogP contribution in [0.2, 0.25) is 0 Å². The van der Waals surface area contributed by atoms with E-state index in [0.29, 0.717) is 12.1 Å². The molecule has 0 radical (unpaired) electrons. The Labute approximate surface area is 143 Å². The number of rotatable bonds is 8. The Bertz CT molecular complexity index is 620. The van der Waals surface area contributed by atoms with Gasteiger partial charge in [-0.05, 0) is 19.4 Å². The molecule has 0 aromatic carbocycles. The van der Waals surface area contributed by atoms with Crippen molar-refractivity contribution in [3.63, 3.8) is 0 Å². The van der Waals surface area contributed by atoms with Crippen molar-refractivity contribution >= 4 is 5.95 Å². The average molecular weight is 330 g/mol. The molecule has 1 unspecified atom stereocenters. The standard InChI is InChI=1S/C17H26N6O/c1-3-23(13-16-18-6-7-22(16)2)12-14-9-19-17(20-10-14)21-11-15-5-4-8-24-15/h6-7,9-10,15H,3-5,8,11-13H2,1-2H3,(H,19,20,21). The van der Waals surface area contributed by atoms with Gasteiger partial charge in [0.05, 0.1) is 12.6 Å². The van der Waals surface area contributed by atoms with Crippen LogP contribution < -0.4 is 5.32 Å². The number of aryl methyl sites for hydroxylation is 1. The molecule has 1 saturated heterocycles. The highest BCUT2D eigenvalue weighted by Gasteiger charge is 2.15. The van der Waals surface area contributed by atoms with Gasteiger partial charge in [0.1, 0.15) is 5.82 Å². The van der Waals surface area contributed by atoms with E-state index in [1.165, 1.54) is 0 Å². The van der Waals surface area contributed by atoms with Gasteiger partial charge in [-0.2, -0.15) is 0 Å². The first-order valence-corrected chi connectivity index (χ1v) is 8.59. The third-order valence-electron chi connectivity index (χ3n) is 4.36. The van der Waals surface area contributed by atoms with Crippen LogP contribution in [0.4, 0.5) is 5.95 Å². The van der Waals surface area contributed by atoms with Crippen molar-refractivity contribution in [2.75, 3.05) is 25.0 Å². The van der Waals surface area contributed by atoms with E-state index in [2.05, 4.69) is 36.7 Å². The molecular formula is C17H26N6O. The second kappa shape index (κ2) is 8.21. The molecule has 3 heterocycles. The Morgan fingerprint density at radius 3 is 2.75 bits per heavy atom.